The van der Waals surface area contributed by atoms with Gasteiger partial charge >= 0.3 is 0 Å². The van der Waals surface area contributed by atoms with Crippen molar-refractivity contribution < 1.29 is 13.2 Å². The standard InChI is InChI=1S/C14H21N3O3S2/c1-2-15-7-8-16-9-10-17(6-5-12(16)14(15)18)22(19,20)13-4-3-11-21-13/h3-4,11-12H,2,5-10H2,1H3. The summed E-state index contributed by atoms with van der Waals surface area (Å²) in [4.78, 5) is 16.4. The molecule has 2 aliphatic rings. The minimum absolute atomic E-state index is 0.143. The molecule has 3 heterocycles. The highest BCUT2D eigenvalue weighted by Crippen LogP contribution is 2.24. The SMILES string of the molecule is CCN1CCN2CCN(S(=O)(=O)c3cccs3)CCC2C1=O. The summed E-state index contributed by atoms with van der Waals surface area (Å²) in [6.45, 7) is 5.76. The van der Waals surface area contributed by atoms with Gasteiger partial charge in [0.15, 0.2) is 0 Å². The van der Waals surface area contributed by atoms with Gasteiger partial charge in [0.25, 0.3) is 10.0 Å². The van der Waals surface area contributed by atoms with E-state index in [0.29, 0.717) is 30.3 Å². The highest BCUT2D eigenvalue weighted by Gasteiger charge is 2.38. The number of nitrogens with zero attached hydrogens (tertiary/aromatic N) is 3. The quantitative estimate of drug-likeness (QED) is 0.810. The van der Waals surface area contributed by atoms with Gasteiger partial charge in [-0.1, -0.05) is 6.07 Å². The van der Waals surface area contributed by atoms with E-state index in [-0.39, 0.29) is 11.9 Å². The van der Waals surface area contributed by atoms with Crippen LogP contribution in [-0.4, -0.2) is 73.7 Å². The van der Waals surface area contributed by atoms with Crippen LogP contribution in [0.25, 0.3) is 0 Å². The molecule has 0 radical (unpaired) electrons. The summed E-state index contributed by atoms with van der Waals surface area (Å²) < 4.78 is 27.2. The molecule has 122 valence electrons. The monoisotopic (exact) mass is 343 g/mol. The molecule has 0 aromatic carbocycles. The lowest BCUT2D eigenvalue weighted by Crippen LogP contribution is -2.56. The number of sulfonamides is 1. The van der Waals surface area contributed by atoms with Crippen LogP contribution in [0.5, 0.6) is 0 Å². The van der Waals surface area contributed by atoms with Gasteiger partial charge < -0.3 is 4.90 Å². The topological polar surface area (TPSA) is 60.9 Å². The molecule has 1 atom stereocenters. The van der Waals surface area contributed by atoms with Gasteiger partial charge in [-0.25, -0.2) is 8.42 Å². The molecule has 3 rings (SSSR count). The zero-order valence-corrected chi connectivity index (χ0v) is 14.3. The van der Waals surface area contributed by atoms with E-state index in [0.717, 1.165) is 19.6 Å². The van der Waals surface area contributed by atoms with E-state index in [1.54, 1.807) is 17.5 Å². The minimum atomic E-state index is -3.42. The largest absolute Gasteiger partial charge is 0.340 e. The molecule has 1 aromatic rings. The van der Waals surface area contributed by atoms with Gasteiger partial charge in [0.1, 0.15) is 4.21 Å². The van der Waals surface area contributed by atoms with Crippen molar-refractivity contribution >= 4 is 27.3 Å². The number of carbonyl (C=O) groups is 1. The smallest absolute Gasteiger partial charge is 0.252 e. The second-order valence-corrected chi connectivity index (χ2v) is 8.71. The van der Waals surface area contributed by atoms with Gasteiger partial charge in [-0.3, -0.25) is 9.69 Å². The Kier molecular flexibility index (Phi) is 4.54. The van der Waals surface area contributed by atoms with Crippen molar-refractivity contribution in [3.05, 3.63) is 17.5 Å². The Morgan fingerprint density at radius 3 is 2.68 bits per heavy atom. The van der Waals surface area contributed by atoms with Crippen LogP contribution in [0.2, 0.25) is 0 Å². The maximum atomic E-state index is 12.6. The summed E-state index contributed by atoms with van der Waals surface area (Å²) in [5.41, 5.74) is 0. The second-order valence-electron chi connectivity index (χ2n) is 5.59. The lowest BCUT2D eigenvalue weighted by molar-refractivity contribution is -0.141. The second kappa shape index (κ2) is 6.27. The summed E-state index contributed by atoms with van der Waals surface area (Å²) in [5, 5.41) is 1.77. The molecule has 8 heteroatoms. The molecule has 1 unspecified atom stereocenters. The molecule has 1 aromatic heterocycles. The first-order valence-corrected chi connectivity index (χ1v) is 9.92. The third-order valence-corrected chi connectivity index (χ3v) is 7.73. The summed E-state index contributed by atoms with van der Waals surface area (Å²) in [6.07, 6.45) is 0.569. The summed E-state index contributed by atoms with van der Waals surface area (Å²) in [5.74, 6) is 0.143. The average molecular weight is 343 g/mol. The molecule has 6 nitrogen and oxygen atoms in total. The first kappa shape index (κ1) is 15.9. The van der Waals surface area contributed by atoms with Crippen molar-refractivity contribution in [3.8, 4) is 0 Å². The van der Waals surface area contributed by atoms with E-state index in [1.807, 2.05) is 11.8 Å². The Balaban J connectivity index is 1.77. The first-order chi connectivity index (χ1) is 10.5. The van der Waals surface area contributed by atoms with Crippen molar-refractivity contribution in [1.82, 2.24) is 14.1 Å². The van der Waals surface area contributed by atoms with Crippen LogP contribution >= 0.6 is 11.3 Å². The Morgan fingerprint density at radius 2 is 2.00 bits per heavy atom. The van der Waals surface area contributed by atoms with Crippen LogP contribution in [-0.2, 0) is 14.8 Å². The van der Waals surface area contributed by atoms with Crippen LogP contribution in [0, 0.1) is 0 Å². The van der Waals surface area contributed by atoms with Gasteiger partial charge in [-0.05, 0) is 24.8 Å². The predicted octanol–water partition coefficient (Wildman–Crippen LogP) is 0.675. The van der Waals surface area contributed by atoms with Crippen molar-refractivity contribution in [2.45, 2.75) is 23.6 Å². The van der Waals surface area contributed by atoms with Gasteiger partial charge in [0.2, 0.25) is 5.91 Å². The number of fused-ring (bicyclic) bond motifs is 1. The Labute approximate surface area is 135 Å². The van der Waals surface area contributed by atoms with Crippen molar-refractivity contribution in [1.29, 1.82) is 0 Å². The van der Waals surface area contributed by atoms with Gasteiger partial charge in [0, 0.05) is 39.3 Å². The highest BCUT2D eigenvalue weighted by molar-refractivity contribution is 7.91. The normalized spacial score (nSPS) is 25.0. The van der Waals surface area contributed by atoms with Crippen LogP contribution in [0.15, 0.2) is 21.7 Å². The highest BCUT2D eigenvalue weighted by atomic mass is 32.2. The van der Waals surface area contributed by atoms with Crippen LogP contribution in [0.4, 0.5) is 0 Å². The Bertz CT molecular complexity index is 630. The number of hydrogen-bond donors (Lipinski definition) is 0. The van der Waals surface area contributed by atoms with E-state index >= 15 is 0 Å². The molecule has 0 aliphatic carbocycles. The lowest BCUT2D eigenvalue weighted by atomic mass is 10.1. The Hall–Kier alpha value is -0.960. The third kappa shape index (κ3) is 2.80. The van der Waals surface area contributed by atoms with Crippen molar-refractivity contribution in [2.75, 3.05) is 39.3 Å². The minimum Gasteiger partial charge on any atom is -0.340 e. The molecule has 2 saturated heterocycles. The summed E-state index contributed by atoms with van der Waals surface area (Å²) >= 11 is 1.24. The van der Waals surface area contributed by atoms with Crippen molar-refractivity contribution in [3.63, 3.8) is 0 Å². The van der Waals surface area contributed by atoms with Gasteiger partial charge in [-0.2, -0.15) is 4.31 Å². The molecule has 2 fully saturated rings. The maximum Gasteiger partial charge on any atom is 0.252 e. The fourth-order valence-electron chi connectivity index (χ4n) is 3.17. The average Bonchev–Trinajstić information content (AvgIpc) is 2.95. The van der Waals surface area contributed by atoms with E-state index < -0.39 is 10.0 Å². The number of likely N-dealkylation sites (N-methyl/N-ethyl adjacent to an activating group) is 1. The number of thiophene rings is 1. The molecule has 0 N–H and O–H groups in total. The number of amides is 1. The molecular formula is C14H21N3O3S2. The van der Waals surface area contributed by atoms with E-state index in [4.69, 9.17) is 0 Å². The molecule has 0 spiro atoms. The fourth-order valence-corrected chi connectivity index (χ4v) is 5.76. The molecule has 2 aliphatic heterocycles. The number of rotatable bonds is 3. The molecule has 1 amide bonds. The zero-order chi connectivity index (χ0) is 15.7. The van der Waals surface area contributed by atoms with E-state index in [2.05, 4.69) is 4.90 Å². The number of piperazine rings is 1. The predicted molar refractivity (Wildman–Crippen MR) is 85.3 cm³/mol. The third-order valence-electron chi connectivity index (χ3n) is 4.45. The van der Waals surface area contributed by atoms with Crippen LogP contribution in [0.1, 0.15) is 13.3 Å². The molecule has 0 bridgehead atoms. The number of carbonyl (C=O) groups excluding carboxylic acids is 1. The summed E-state index contributed by atoms with van der Waals surface area (Å²) in [6, 6.07) is 3.22. The Morgan fingerprint density at radius 1 is 1.23 bits per heavy atom. The van der Waals surface area contributed by atoms with Crippen molar-refractivity contribution in [2.24, 2.45) is 0 Å². The first-order valence-electron chi connectivity index (χ1n) is 7.60. The zero-order valence-electron chi connectivity index (χ0n) is 12.6. The van der Waals surface area contributed by atoms with Gasteiger partial charge in [0.05, 0.1) is 6.04 Å². The van der Waals surface area contributed by atoms with E-state index in [1.165, 1.54) is 15.6 Å². The molecular weight excluding hydrogens is 322 g/mol. The van der Waals surface area contributed by atoms with Crippen LogP contribution in [0.3, 0.4) is 0 Å². The molecule has 0 saturated carbocycles. The number of hydrogen-bond acceptors (Lipinski definition) is 5. The summed E-state index contributed by atoms with van der Waals surface area (Å²) in [7, 11) is -3.42. The van der Waals surface area contributed by atoms with E-state index in [9.17, 15) is 13.2 Å². The fraction of sp³-hybridized carbons (Fsp3) is 0.643. The van der Waals surface area contributed by atoms with Gasteiger partial charge in [-0.15, -0.1) is 11.3 Å². The van der Waals surface area contributed by atoms with Crippen LogP contribution < -0.4 is 0 Å². The molecule has 22 heavy (non-hydrogen) atoms. The lowest BCUT2D eigenvalue weighted by Gasteiger charge is -2.39. The maximum absolute atomic E-state index is 12.6.